The van der Waals surface area contributed by atoms with Crippen molar-refractivity contribution in [3.63, 3.8) is 0 Å². The molecule has 1 aromatic heterocycles. The number of aromatic nitrogens is 1. The predicted octanol–water partition coefficient (Wildman–Crippen LogP) is 8.99. The lowest BCUT2D eigenvalue weighted by atomic mass is 9.95. The highest BCUT2D eigenvalue weighted by Gasteiger charge is 2.23. The first kappa shape index (κ1) is 36.5. The molecule has 1 amide bonds. The van der Waals surface area contributed by atoms with Gasteiger partial charge >= 0.3 is 0 Å². The topological polar surface area (TPSA) is 111 Å². The van der Waals surface area contributed by atoms with E-state index >= 15 is 0 Å². The second-order valence-electron chi connectivity index (χ2n) is 11.5. The maximum absolute atomic E-state index is 13.8. The summed E-state index contributed by atoms with van der Waals surface area (Å²) in [4.78, 5) is 28.8. The molecule has 2 rings (SSSR count). The van der Waals surface area contributed by atoms with Gasteiger partial charge in [0.1, 0.15) is 38.6 Å². The average molecular weight is 706 g/mol. The Morgan fingerprint density at radius 3 is 2.05 bits per heavy atom. The Hall–Kier alpha value is -2.74. The van der Waals surface area contributed by atoms with E-state index in [0.29, 0.717) is 29.4 Å². The molecule has 9 heteroatoms. The summed E-state index contributed by atoms with van der Waals surface area (Å²) in [7, 11) is 1.45. The minimum absolute atomic E-state index is 0.0908. The fourth-order valence-corrected chi connectivity index (χ4v) is 6.77. The number of aromatic hydroxyl groups is 1. The van der Waals surface area contributed by atoms with Crippen LogP contribution in [-0.2, 0) is 13.5 Å². The van der Waals surface area contributed by atoms with Crippen LogP contribution in [0.5, 0.6) is 5.88 Å². The Morgan fingerprint density at radius 1 is 1.00 bits per heavy atom. The van der Waals surface area contributed by atoms with Crippen molar-refractivity contribution in [2.75, 3.05) is 16.6 Å². The van der Waals surface area contributed by atoms with E-state index in [1.54, 1.807) is 0 Å². The van der Waals surface area contributed by atoms with Crippen molar-refractivity contribution in [2.45, 2.75) is 105 Å². The first-order valence-electron chi connectivity index (χ1n) is 16.1. The summed E-state index contributed by atoms with van der Waals surface area (Å²) in [5, 5.41) is 20.0. The summed E-state index contributed by atoms with van der Waals surface area (Å²) in [6, 6.07) is 9.60. The van der Waals surface area contributed by atoms with Crippen LogP contribution in [0.25, 0.3) is 0 Å². The molecule has 0 bridgehead atoms. The van der Waals surface area contributed by atoms with Gasteiger partial charge in [0.2, 0.25) is 5.88 Å². The summed E-state index contributed by atoms with van der Waals surface area (Å²) in [5.74, 6) is 0.796. The Bertz CT molecular complexity index is 1260. The average Bonchev–Trinajstić information content (AvgIpc) is 3.03. The van der Waals surface area contributed by atoms with Crippen molar-refractivity contribution in [2.24, 2.45) is 22.0 Å². The van der Waals surface area contributed by atoms with E-state index in [-0.39, 0.29) is 23.0 Å². The number of anilines is 1. The molecule has 2 atom stereocenters. The molecular formula is C34H52IN5O3. The van der Waals surface area contributed by atoms with Crippen LogP contribution in [0, 0.1) is 23.2 Å². The Balaban J connectivity index is 2.26. The summed E-state index contributed by atoms with van der Waals surface area (Å²) < 4.78 is 9.02. The zero-order valence-electron chi connectivity index (χ0n) is 27.1. The van der Waals surface area contributed by atoms with Crippen LogP contribution in [0.1, 0.15) is 120 Å². The smallest absolute Gasteiger partial charge is 0.279 e. The van der Waals surface area contributed by atoms with Gasteiger partial charge < -0.3 is 13.5 Å². The summed E-state index contributed by atoms with van der Waals surface area (Å²) in [5.41, 5.74) is 1.99. The van der Waals surface area contributed by atoms with Gasteiger partial charge in [-0.25, -0.2) is 0 Å². The van der Waals surface area contributed by atoms with Crippen molar-refractivity contribution in [3.8, 4) is 11.9 Å². The van der Waals surface area contributed by atoms with Gasteiger partial charge in [0.25, 0.3) is 11.5 Å². The van der Waals surface area contributed by atoms with Gasteiger partial charge in [-0.1, -0.05) is 79.6 Å². The third-order valence-electron chi connectivity index (χ3n) is 8.27. The highest BCUT2D eigenvalue weighted by atomic mass is 127. The van der Waals surface area contributed by atoms with E-state index in [0.717, 1.165) is 61.9 Å². The molecule has 0 aliphatic heterocycles. The van der Waals surface area contributed by atoms with Crippen molar-refractivity contribution in [3.05, 3.63) is 51.3 Å². The van der Waals surface area contributed by atoms with Crippen molar-refractivity contribution in [1.82, 2.24) is 9.47 Å². The zero-order valence-corrected chi connectivity index (χ0v) is 29.2. The number of halogens is 1. The quantitative estimate of drug-likeness (QED) is 0.112. The Labute approximate surface area is 269 Å². The number of unbranched alkanes of at least 4 members (excludes halogenated alkanes) is 3. The van der Waals surface area contributed by atoms with Crippen LogP contribution in [0.4, 0.5) is 11.4 Å². The molecule has 43 heavy (non-hydrogen) atoms. The number of nitrogens with zero attached hydrogens (tertiary/aromatic N) is 4. The molecule has 1 aromatic carbocycles. The first-order chi connectivity index (χ1) is 20.8. The number of pyridine rings is 1. The molecule has 0 aliphatic carbocycles. The van der Waals surface area contributed by atoms with E-state index in [4.69, 9.17) is 0 Å². The normalized spacial score (nSPS) is 12.9. The SMILES string of the molecule is CCCCc1c(C#N)c(O)n(C)c(=O)c1N=INc1ccc(C(=O)N(CC(CC)CCCC)CC(CC)CCCC)cc1. The number of carbonyl (C=O) groups excluding carboxylic acids is 1. The zero-order chi connectivity index (χ0) is 31.8. The highest BCUT2D eigenvalue weighted by Crippen LogP contribution is 2.30. The maximum Gasteiger partial charge on any atom is 0.279 e. The second kappa shape index (κ2) is 19.5. The molecule has 2 N–H and O–H groups in total. The van der Waals surface area contributed by atoms with Crippen molar-refractivity contribution >= 4 is 38.6 Å². The molecule has 2 unspecified atom stereocenters. The standard InChI is InChI=1S/C34H52IN5O3/c1-7-12-15-25(10-4)23-40(24-26(11-5)16-13-8-2)32(41)27-18-20-28(21-19-27)37-35-38-31-29(17-14-9-3)30(22-36)33(42)39(6)34(31)43/h18-21,25-26,42H,7-17,23-24H2,1-6H3,(H,37,38). The number of nitrogens with one attached hydrogen (secondary N) is 1. The van der Waals surface area contributed by atoms with Crippen molar-refractivity contribution < 1.29 is 9.90 Å². The molecule has 0 saturated heterocycles. The van der Waals surface area contributed by atoms with Crippen LogP contribution < -0.4 is 9.09 Å². The lowest BCUT2D eigenvalue weighted by Crippen LogP contribution is -2.39. The molecule has 0 aliphatic rings. The number of carbonyl (C=O) groups is 1. The van der Waals surface area contributed by atoms with Crippen LogP contribution in [0.2, 0.25) is 0 Å². The van der Waals surface area contributed by atoms with Crippen LogP contribution in [0.3, 0.4) is 0 Å². The lowest BCUT2D eigenvalue weighted by Gasteiger charge is -2.31. The van der Waals surface area contributed by atoms with E-state index < -0.39 is 26.9 Å². The van der Waals surface area contributed by atoms with Gasteiger partial charge in [0, 0.05) is 37.0 Å². The molecular weight excluding hydrogens is 653 g/mol. The Kier molecular flexibility index (Phi) is 16.5. The molecule has 0 spiro atoms. The first-order valence-corrected chi connectivity index (χ1v) is 18.1. The van der Waals surface area contributed by atoms with E-state index in [9.17, 15) is 20.0 Å². The molecule has 0 saturated carbocycles. The minimum Gasteiger partial charge on any atom is -0.493 e. The number of benzene rings is 1. The minimum atomic E-state index is -1.03. The molecule has 2 aromatic rings. The summed E-state index contributed by atoms with van der Waals surface area (Å²) in [6.07, 6.45) is 11.4. The molecule has 238 valence electrons. The third-order valence-corrected chi connectivity index (χ3v) is 9.86. The number of hydrogen-bond donors (Lipinski definition) is 2. The van der Waals surface area contributed by atoms with Gasteiger partial charge in [0.15, 0.2) is 0 Å². The number of nitriles is 1. The fourth-order valence-electron chi connectivity index (χ4n) is 5.28. The van der Waals surface area contributed by atoms with Crippen LogP contribution in [0.15, 0.2) is 32.2 Å². The monoisotopic (exact) mass is 705 g/mol. The van der Waals surface area contributed by atoms with E-state index in [2.05, 4.69) is 45.3 Å². The van der Waals surface area contributed by atoms with Gasteiger partial charge in [-0.2, -0.15) is 8.41 Å². The van der Waals surface area contributed by atoms with E-state index in [1.165, 1.54) is 32.7 Å². The lowest BCUT2D eigenvalue weighted by molar-refractivity contribution is 0.0685. The number of hydrogen-bond acceptors (Lipinski definition) is 5. The largest absolute Gasteiger partial charge is 0.493 e. The summed E-state index contributed by atoms with van der Waals surface area (Å²) >= 11 is -1.03. The van der Waals surface area contributed by atoms with Gasteiger partial charge in [-0.05, 0) is 61.8 Å². The highest BCUT2D eigenvalue weighted by molar-refractivity contribution is 14.2. The summed E-state index contributed by atoms with van der Waals surface area (Å²) in [6.45, 7) is 12.5. The predicted molar refractivity (Wildman–Crippen MR) is 185 cm³/mol. The van der Waals surface area contributed by atoms with Gasteiger partial charge in [-0.3, -0.25) is 14.2 Å². The van der Waals surface area contributed by atoms with Crippen LogP contribution in [-0.4, -0.2) is 33.6 Å². The molecule has 0 fully saturated rings. The second-order valence-corrected chi connectivity index (χ2v) is 13.0. The third kappa shape index (κ3) is 10.7. The van der Waals surface area contributed by atoms with Gasteiger partial charge in [0.05, 0.1) is 0 Å². The Morgan fingerprint density at radius 2 is 1.56 bits per heavy atom. The fraction of sp³-hybridized carbons (Fsp3) is 0.618. The molecule has 8 nitrogen and oxygen atoms in total. The van der Waals surface area contributed by atoms with Crippen LogP contribution >= 0.6 is 21.3 Å². The number of amides is 1. The van der Waals surface area contributed by atoms with Crippen molar-refractivity contribution in [1.29, 1.82) is 5.26 Å². The van der Waals surface area contributed by atoms with E-state index in [1.807, 2.05) is 31.2 Å². The maximum atomic E-state index is 13.8. The van der Waals surface area contributed by atoms with Gasteiger partial charge in [-0.15, -0.1) is 0 Å². The molecule has 1 heterocycles. The molecule has 0 radical (unpaired) electrons. The number of rotatable bonds is 19.